The van der Waals surface area contributed by atoms with Crippen LogP contribution in [0, 0.1) is 5.92 Å². The van der Waals surface area contributed by atoms with Crippen molar-refractivity contribution < 1.29 is 4.79 Å². The lowest BCUT2D eigenvalue weighted by molar-refractivity contribution is -0.117. The minimum atomic E-state index is 0. The Balaban J connectivity index is 0.00000161. The fraction of sp³-hybridized carbons (Fsp3) is 0.467. The molecule has 3 rings (SSSR count). The zero-order valence-electron chi connectivity index (χ0n) is 11.7. The van der Waals surface area contributed by atoms with Crippen LogP contribution in [0.15, 0.2) is 23.7 Å². The third-order valence-electron chi connectivity index (χ3n) is 4.03. The van der Waals surface area contributed by atoms with Gasteiger partial charge >= 0.3 is 0 Å². The molecule has 1 aliphatic rings. The summed E-state index contributed by atoms with van der Waals surface area (Å²) in [6.45, 7) is 0. The number of carbonyl (C=O) groups is 1. The molecular weight excluding hydrogens is 306 g/mol. The fourth-order valence-electron chi connectivity index (χ4n) is 2.87. The summed E-state index contributed by atoms with van der Waals surface area (Å²) in [7, 11) is 0. The molecule has 21 heavy (non-hydrogen) atoms. The number of rotatable bonds is 3. The molecule has 1 fully saturated rings. The van der Waals surface area contributed by atoms with Crippen molar-refractivity contribution >= 4 is 45.6 Å². The minimum absolute atomic E-state index is 0. The predicted octanol–water partition coefficient (Wildman–Crippen LogP) is 3.56. The van der Waals surface area contributed by atoms with Crippen LogP contribution in [0.5, 0.6) is 0 Å². The molecule has 0 spiro atoms. The normalized spacial score (nSPS) is 21.8. The number of fused-ring (bicyclic) bond motifs is 1. The topological polar surface area (TPSA) is 68.0 Å². The highest BCUT2D eigenvalue weighted by Gasteiger charge is 2.24. The molecule has 0 aliphatic heterocycles. The van der Waals surface area contributed by atoms with Crippen molar-refractivity contribution in [1.29, 1.82) is 0 Å². The van der Waals surface area contributed by atoms with Gasteiger partial charge < -0.3 is 11.1 Å². The molecule has 2 atom stereocenters. The minimum Gasteiger partial charge on any atom is -0.327 e. The zero-order chi connectivity index (χ0) is 13.9. The summed E-state index contributed by atoms with van der Waals surface area (Å²) in [5.41, 5.74) is 9.73. The van der Waals surface area contributed by atoms with Crippen molar-refractivity contribution in [3.63, 3.8) is 0 Å². The van der Waals surface area contributed by atoms with E-state index in [2.05, 4.69) is 10.3 Å². The van der Waals surface area contributed by atoms with E-state index >= 15 is 0 Å². The van der Waals surface area contributed by atoms with Gasteiger partial charge in [0.1, 0.15) is 0 Å². The van der Waals surface area contributed by atoms with E-state index in [0.29, 0.717) is 12.3 Å². The molecule has 0 bridgehead atoms. The van der Waals surface area contributed by atoms with Gasteiger partial charge in [-0.05, 0) is 37.0 Å². The van der Waals surface area contributed by atoms with Crippen molar-refractivity contribution in [3.05, 3.63) is 23.7 Å². The van der Waals surface area contributed by atoms with Crippen LogP contribution in [0.3, 0.4) is 0 Å². The first kappa shape index (κ1) is 16.2. The van der Waals surface area contributed by atoms with Gasteiger partial charge in [-0.15, -0.1) is 23.7 Å². The average molecular weight is 326 g/mol. The molecule has 1 aliphatic carbocycles. The second-order valence-corrected chi connectivity index (χ2v) is 6.38. The quantitative estimate of drug-likeness (QED) is 0.906. The van der Waals surface area contributed by atoms with E-state index in [1.165, 1.54) is 12.8 Å². The summed E-state index contributed by atoms with van der Waals surface area (Å²) >= 11 is 1.58. The summed E-state index contributed by atoms with van der Waals surface area (Å²) < 4.78 is 1.09. The molecule has 6 heteroatoms. The van der Waals surface area contributed by atoms with E-state index in [4.69, 9.17) is 5.73 Å². The van der Waals surface area contributed by atoms with Crippen molar-refractivity contribution in [2.75, 3.05) is 5.32 Å². The first-order valence-electron chi connectivity index (χ1n) is 7.11. The van der Waals surface area contributed by atoms with Crippen LogP contribution in [-0.2, 0) is 4.79 Å². The van der Waals surface area contributed by atoms with Crippen LogP contribution in [0.25, 0.3) is 10.2 Å². The Morgan fingerprint density at radius 1 is 1.38 bits per heavy atom. The summed E-state index contributed by atoms with van der Waals surface area (Å²) in [5, 5.41) is 2.98. The molecule has 1 heterocycles. The number of nitrogens with zero attached hydrogens (tertiary/aromatic N) is 1. The standard InChI is InChI=1S/C15H19N3OS.ClH/c16-12-4-2-1-3-10(12)7-15(19)18-11-5-6-13-14(8-11)20-9-17-13;/h5-6,8-10,12H,1-4,7,16H2,(H,18,19);1H. The summed E-state index contributed by atoms with van der Waals surface area (Å²) in [6, 6.07) is 6.00. The highest BCUT2D eigenvalue weighted by Crippen LogP contribution is 2.26. The molecule has 0 saturated heterocycles. The first-order valence-corrected chi connectivity index (χ1v) is 7.99. The Morgan fingerprint density at radius 2 is 2.19 bits per heavy atom. The highest BCUT2D eigenvalue weighted by molar-refractivity contribution is 7.16. The molecule has 0 radical (unpaired) electrons. The van der Waals surface area contributed by atoms with Gasteiger partial charge in [0.2, 0.25) is 5.91 Å². The number of aromatic nitrogens is 1. The smallest absolute Gasteiger partial charge is 0.224 e. The number of halogens is 1. The van der Waals surface area contributed by atoms with Crippen molar-refractivity contribution in [2.45, 2.75) is 38.1 Å². The van der Waals surface area contributed by atoms with Crippen LogP contribution in [0.1, 0.15) is 32.1 Å². The predicted molar refractivity (Wildman–Crippen MR) is 90.0 cm³/mol. The zero-order valence-corrected chi connectivity index (χ0v) is 13.4. The van der Waals surface area contributed by atoms with Gasteiger partial charge in [0.05, 0.1) is 15.7 Å². The molecule has 1 aromatic carbocycles. The van der Waals surface area contributed by atoms with Crippen LogP contribution in [-0.4, -0.2) is 16.9 Å². The Hall–Kier alpha value is -1.17. The van der Waals surface area contributed by atoms with Crippen LogP contribution in [0.4, 0.5) is 5.69 Å². The van der Waals surface area contributed by atoms with Crippen molar-refractivity contribution in [1.82, 2.24) is 4.98 Å². The van der Waals surface area contributed by atoms with E-state index in [9.17, 15) is 4.79 Å². The molecule has 1 aromatic heterocycles. The Kier molecular flexibility index (Phi) is 5.56. The molecule has 2 aromatic rings. The van der Waals surface area contributed by atoms with E-state index in [1.54, 1.807) is 11.3 Å². The van der Waals surface area contributed by atoms with Gasteiger partial charge in [0, 0.05) is 18.2 Å². The highest BCUT2D eigenvalue weighted by atomic mass is 35.5. The summed E-state index contributed by atoms with van der Waals surface area (Å²) in [4.78, 5) is 16.4. The number of benzene rings is 1. The monoisotopic (exact) mass is 325 g/mol. The molecule has 2 unspecified atom stereocenters. The number of nitrogens with two attached hydrogens (primary N) is 1. The maximum absolute atomic E-state index is 12.1. The number of carbonyl (C=O) groups excluding carboxylic acids is 1. The van der Waals surface area contributed by atoms with Gasteiger partial charge in [-0.25, -0.2) is 4.98 Å². The number of thiazole rings is 1. The van der Waals surface area contributed by atoms with Gasteiger partial charge in [-0.1, -0.05) is 12.8 Å². The van der Waals surface area contributed by atoms with Crippen LogP contribution < -0.4 is 11.1 Å². The van der Waals surface area contributed by atoms with Gasteiger partial charge in [-0.3, -0.25) is 4.79 Å². The lowest BCUT2D eigenvalue weighted by atomic mass is 9.83. The number of anilines is 1. The summed E-state index contributed by atoms with van der Waals surface area (Å²) in [5.74, 6) is 0.395. The largest absolute Gasteiger partial charge is 0.327 e. The lowest BCUT2D eigenvalue weighted by Gasteiger charge is -2.27. The van der Waals surface area contributed by atoms with Crippen molar-refractivity contribution in [2.24, 2.45) is 11.7 Å². The molecule has 1 saturated carbocycles. The van der Waals surface area contributed by atoms with Gasteiger partial charge in [0.15, 0.2) is 0 Å². The Morgan fingerprint density at radius 3 is 3.00 bits per heavy atom. The molecular formula is C15H20ClN3OS. The molecule has 4 nitrogen and oxygen atoms in total. The molecule has 114 valence electrons. The first-order chi connectivity index (χ1) is 9.72. The third kappa shape index (κ3) is 3.93. The van der Waals surface area contributed by atoms with E-state index in [0.717, 1.165) is 28.7 Å². The Bertz CT molecular complexity index is 616. The SMILES string of the molecule is Cl.NC1CCCCC1CC(=O)Nc1ccc2ncsc2c1. The number of nitrogens with one attached hydrogen (secondary N) is 1. The van der Waals surface area contributed by atoms with E-state index < -0.39 is 0 Å². The molecule has 1 amide bonds. The van der Waals surface area contributed by atoms with Gasteiger partial charge in [-0.2, -0.15) is 0 Å². The van der Waals surface area contributed by atoms with Crippen LogP contribution >= 0.6 is 23.7 Å². The fourth-order valence-corrected chi connectivity index (χ4v) is 3.59. The maximum Gasteiger partial charge on any atom is 0.224 e. The maximum atomic E-state index is 12.1. The molecule has 3 N–H and O–H groups in total. The second-order valence-electron chi connectivity index (χ2n) is 5.50. The average Bonchev–Trinajstić information content (AvgIpc) is 2.89. The second kappa shape index (κ2) is 7.20. The third-order valence-corrected chi connectivity index (χ3v) is 4.82. The Labute approximate surface area is 134 Å². The number of amides is 1. The number of hydrogen-bond acceptors (Lipinski definition) is 4. The number of hydrogen-bond donors (Lipinski definition) is 2. The van der Waals surface area contributed by atoms with Crippen LogP contribution in [0.2, 0.25) is 0 Å². The van der Waals surface area contributed by atoms with E-state index in [-0.39, 0.29) is 24.4 Å². The van der Waals surface area contributed by atoms with Crippen molar-refractivity contribution in [3.8, 4) is 0 Å². The lowest BCUT2D eigenvalue weighted by Crippen LogP contribution is -2.35. The summed E-state index contributed by atoms with van der Waals surface area (Å²) in [6.07, 6.45) is 5.04. The van der Waals surface area contributed by atoms with E-state index in [1.807, 2.05) is 23.7 Å². The van der Waals surface area contributed by atoms with Gasteiger partial charge in [0.25, 0.3) is 0 Å².